The molecule has 0 saturated heterocycles. The molecule has 1 unspecified atom stereocenters. The predicted molar refractivity (Wildman–Crippen MR) is 100 cm³/mol. The first-order valence-corrected chi connectivity index (χ1v) is 8.82. The predicted octanol–water partition coefficient (Wildman–Crippen LogP) is 4.62. The SMILES string of the molecule is Cc1cc(C)c2c3c([nH]c2c1)C(c1ccc(I)cc1)NCC3. The maximum atomic E-state index is 3.70. The molecule has 112 valence electrons. The van der Waals surface area contributed by atoms with E-state index in [0.29, 0.717) is 0 Å². The lowest BCUT2D eigenvalue weighted by Gasteiger charge is -2.25. The highest BCUT2D eigenvalue weighted by Crippen LogP contribution is 2.35. The van der Waals surface area contributed by atoms with Gasteiger partial charge in [-0.25, -0.2) is 0 Å². The average molecular weight is 402 g/mol. The van der Waals surface area contributed by atoms with Crippen LogP contribution in [0, 0.1) is 17.4 Å². The molecule has 1 aromatic heterocycles. The Morgan fingerprint density at radius 1 is 1.09 bits per heavy atom. The van der Waals surface area contributed by atoms with E-state index in [1.807, 2.05) is 0 Å². The van der Waals surface area contributed by atoms with Crippen molar-refractivity contribution in [3.8, 4) is 0 Å². The molecule has 4 rings (SSSR count). The zero-order valence-corrected chi connectivity index (χ0v) is 15.0. The molecule has 0 spiro atoms. The van der Waals surface area contributed by atoms with Crippen molar-refractivity contribution < 1.29 is 0 Å². The van der Waals surface area contributed by atoms with Gasteiger partial charge in [0.2, 0.25) is 0 Å². The third-order valence-corrected chi connectivity index (χ3v) is 5.31. The molecule has 1 aliphatic rings. The van der Waals surface area contributed by atoms with E-state index in [-0.39, 0.29) is 6.04 Å². The lowest BCUT2D eigenvalue weighted by atomic mass is 9.93. The second-order valence-electron chi connectivity index (χ2n) is 6.21. The van der Waals surface area contributed by atoms with Gasteiger partial charge in [0, 0.05) is 26.7 Å². The van der Waals surface area contributed by atoms with Gasteiger partial charge in [0.1, 0.15) is 0 Å². The maximum absolute atomic E-state index is 3.70. The van der Waals surface area contributed by atoms with E-state index in [2.05, 4.69) is 83.1 Å². The second-order valence-corrected chi connectivity index (χ2v) is 7.46. The fourth-order valence-electron chi connectivity index (χ4n) is 3.71. The number of halogens is 1. The Morgan fingerprint density at radius 2 is 1.86 bits per heavy atom. The number of benzene rings is 2. The number of aromatic nitrogens is 1. The summed E-state index contributed by atoms with van der Waals surface area (Å²) in [5.74, 6) is 0. The van der Waals surface area contributed by atoms with Crippen molar-refractivity contribution in [1.82, 2.24) is 10.3 Å². The quantitative estimate of drug-likeness (QED) is 0.571. The van der Waals surface area contributed by atoms with Crippen molar-refractivity contribution >= 4 is 33.5 Å². The summed E-state index contributed by atoms with van der Waals surface area (Å²) in [6, 6.07) is 13.7. The van der Waals surface area contributed by atoms with E-state index >= 15 is 0 Å². The van der Waals surface area contributed by atoms with Crippen LogP contribution >= 0.6 is 22.6 Å². The molecule has 22 heavy (non-hydrogen) atoms. The summed E-state index contributed by atoms with van der Waals surface area (Å²) in [6.07, 6.45) is 1.10. The van der Waals surface area contributed by atoms with Crippen LogP contribution in [0.15, 0.2) is 36.4 Å². The lowest BCUT2D eigenvalue weighted by molar-refractivity contribution is 0.560. The van der Waals surface area contributed by atoms with Gasteiger partial charge in [-0.15, -0.1) is 0 Å². The van der Waals surface area contributed by atoms with E-state index in [4.69, 9.17) is 0 Å². The zero-order chi connectivity index (χ0) is 15.3. The van der Waals surface area contributed by atoms with Crippen LogP contribution in [0.5, 0.6) is 0 Å². The zero-order valence-electron chi connectivity index (χ0n) is 12.8. The molecule has 2 aromatic carbocycles. The normalized spacial score (nSPS) is 17.7. The van der Waals surface area contributed by atoms with Crippen molar-refractivity contribution in [2.45, 2.75) is 26.3 Å². The minimum Gasteiger partial charge on any atom is -0.357 e. The molecule has 1 aliphatic heterocycles. The van der Waals surface area contributed by atoms with E-state index in [1.165, 1.54) is 42.4 Å². The van der Waals surface area contributed by atoms with Crippen LogP contribution in [0.3, 0.4) is 0 Å². The molecule has 2 N–H and O–H groups in total. The summed E-state index contributed by atoms with van der Waals surface area (Å²) in [5.41, 5.74) is 8.16. The summed E-state index contributed by atoms with van der Waals surface area (Å²) in [7, 11) is 0. The minimum absolute atomic E-state index is 0.271. The molecule has 0 saturated carbocycles. The molecule has 3 heteroatoms. The number of rotatable bonds is 1. The summed E-state index contributed by atoms with van der Waals surface area (Å²) < 4.78 is 1.28. The third-order valence-electron chi connectivity index (χ3n) is 4.59. The maximum Gasteiger partial charge on any atom is 0.0732 e. The van der Waals surface area contributed by atoms with Crippen LogP contribution in [0.1, 0.15) is 34.0 Å². The van der Waals surface area contributed by atoms with Gasteiger partial charge in [-0.05, 0) is 83.3 Å². The third kappa shape index (κ3) is 2.27. The fraction of sp³-hybridized carbons (Fsp3) is 0.263. The average Bonchev–Trinajstić information content (AvgIpc) is 2.86. The topological polar surface area (TPSA) is 27.8 Å². The van der Waals surface area contributed by atoms with Crippen LogP contribution in [-0.4, -0.2) is 11.5 Å². The van der Waals surface area contributed by atoms with E-state index in [0.717, 1.165) is 13.0 Å². The Bertz CT molecular complexity index is 846. The minimum atomic E-state index is 0.271. The molecule has 0 amide bonds. The van der Waals surface area contributed by atoms with Gasteiger partial charge >= 0.3 is 0 Å². The second kappa shape index (κ2) is 5.39. The van der Waals surface area contributed by atoms with Gasteiger partial charge in [-0.3, -0.25) is 0 Å². The lowest BCUT2D eigenvalue weighted by Crippen LogP contribution is -2.30. The molecule has 0 fully saturated rings. The Balaban J connectivity index is 1.91. The number of hydrogen-bond acceptors (Lipinski definition) is 1. The molecular weight excluding hydrogens is 383 g/mol. The standard InChI is InChI=1S/C19H19IN2/c1-11-9-12(2)17-15-7-8-21-18(19(15)22-16(17)10-11)13-3-5-14(20)6-4-13/h3-6,9-10,18,21-22H,7-8H2,1-2H3. The monoisotopic (exact) mass is 402 g/mol. The van der Waals surface area contributed by atoms with Crippen molar-refractivity contribution in [3.05, 3.63) is 67.9 Å². The Morgan fingerprint density at radius 3 is 2.64 bits per heavy atom. The number of nitrogens with one attached hydrogen (secondary N) is 2. The van der Waals surface area contributed by atoms with Crippen LogP contribution in [0.2, 0.25) is 0 Å². The number of aromatic amines is 1. The van der Waals surface area contributed by atoms with Gasteiger partial charge in [-0.2, -0.15) is 0 Å². The summed E-state index contributed by atoms with van der Waals surface area (Å²) >= 11 is 2.36. The Kier molecular flexibility index (Phi) is 3.50. The molecule has 0 aliphatic carbocycles. The van der Waals surface area contributed by atoms with E-state index in [9.17, 15) is 0 Å². The van der Waals surface area contributed by atoms with Gasteiger partial charge in [-0.1, -0.05) is 18.2 Å². The first-order chi connectivity index (χ1) is 10.6. The van der Waals surface area contributed by atoms with Crippen molar-refractivity contribution in [2.75, 3.05) is 6.54 Å². The van der Waals surface area contributed by atoms with Gasteiger partial charge in [0.15, 0.2) is 0 Å². The highest BCUT2D eigenvalue weighted by atomic mass is 127. The molecule has 0 bridgehead atoms. The van der Waals surface area contributed by atoms with E-state index < -0.39 is 0 Å². The van der Waals surface area contributed by atoms with Crippen LogP contribution in [-0.2, 0) is 6.42 Å². The fourth-order valence-corrected chi connectivity index (χ4v) is 4.07. The number of aryl methyl sites for hydroxylation is 2. The Labute approximate surface area is 144 Å². The van der Waals surface area contributed by atoms with Crippen LogP contribution in [0.4, 0.5) is 0 Å². The van der Waals surface area contributed by atoms with Crippen molar-refractivity contribution in [3.63, 3.8) is 0 Å². The summed E-state index contributed by atoms with van der Waals surface area (Å²) in [6.45, 7) is 5.43. The highest BCUT2D eigenvalue weighted by molar-refractivity contribution is 14.1. The largest absolute Gasteiger partial charge is 0.357 e. The number of H-pyrrole nitrogens is 1. The molecule has 2 heterocycles. The van der Waals surface area contributed by atoms with E-state index in [1.54, 1.807) is 0 Å². The number of hydrogen-bond donors (Lipinski definition) is 2. The molecule has 1 atom stereocenters. The van der Waals surface area contributed by atoms with Crippen molar-refractivity contribution in [1.29, 1.82) is 0 Å². The smallest absolute Gasteiger partial charge is 0.0732 e. The molecule has 2 nitrogen and oxygen atoms in total. The number of fused-ring (bicyclic) bond motifs is 3. The first kappa shape index (κ1) is 14.3. The summed E-state index contributed by atoms with van der Waals surface area (Å²) in [4.78, 5) is 3.70. The molecule has 0 radical (unpaired) electrons. The Hall–Kier alpha value is -1.33. The summed E-state index contributed by atoms with van der Waals surface area (Å²) in [5, 5.41) is 5.10. The van der Waals surface area contributed by atoms with Crippen LogP contribution < -0.4 is 5.32 Å². The van der Waals surface area contributed by atoms with Gasteiger partial charge in [0.05, 0.1) is 6.04 Å². The van der Waals surface area contributed by atoms with Crippen molar-refractivity contribution in [2.24, 2.45) is 0 Å². The molecule has 3 aromatic rings. The van der Waals surface area contributed by atoms with Gasteiger partial charge in [0.25, 0.3) is 0 Å². The molecular formula is C19H19IN2. The highest BCUT2D eigenvalue weighted by Gasteiger charge is 2.25. The van der Waals surface area contributed by atoms with Gasteiger partial charge < -0.3 is 10.3 Å². The van der Waals surface area contributed by atoms with Crippen LogP contribution in [0.25, 0.3) is 10.9 Å². The first-order valence-electron chi connectivity index (χ1n) is 7.74.